The predicted molar refractivity (Wildman–Crippen MR) is 74.3 cm³/mol. The van der Waals surface area contributed by atoms with Crippen LogP contribution in [0.1, 0.15) is 71.0 Å². The van der Waals surface area contributed by atoms with E-state index in [9.17, 15) is 4.79 Å². The third kappa shape index (κ3) is 2.86. The molecule has 1 aliphatic rings. The average Bonchev–Trinajstić information content (AvgIpc) is 3.07. The standard InChI is InChI=1S/C15H24N2O3/c1-5-10-7-8-11(9-10)12-16-13(20-17-12)15(3,4)14(18)19-6-2/h10-11H,5-9H2,1-4H3. The van der Waals surface area contributed by atoms with Crippen molar-refractivity contribution in [1.29, 1.82) is 0 Å². The van der Waals surface area contributed by atoms with Crippen LogP contribution in [0.5, 0.6) is 0 Å². The number of hydrogen-bond acceptors (Lipinski definition) is 5. The monoisotopic (exact) mass is 280 g/mol. The Kier molecular flexibility index (Phi) is 4.45. The molecule has 1 aliphatic carbocycles. The average molecular weight is 280 g/mol. The molecule has 5 nitrogen and oxygen atoms in total. The van der Waals surface area contributed by atoms with Crippen LogP contribution in [0.15, 0.2) is 4.52 Å². The Balaban J connectivity index is 2.11. The minimum Gasteiger partial charge on any atom is -0.465 e. The Morgan fingerprint density at radius 1 is 1.40 bits per heavy atom. The number of nitrogens with zero attached hydrogens (tertiary/aromatic N) is 2. The van der Waals surface area contributed by atoms with Gasteiger partial charge in [-0.15, -0.1) is 0 Å². The molecule has 1 saturated carbocycles. The maximum absolute atomic E-state index is 11.9. The summed E-state index contributed by atoms with van der Waals surface area (Å²) in [6.45, 7) is 7.87. The van der Waals surface area contributed by atoms with E-state index >= 15 is 0 Å². The van der Waals surface area contributed by atoms with E-state index in [2.05, 4.69) is 17.1 Å². The Morgan fingerprint density at radius 3 is 2.75 bits per heavy atom. The lowest BCUT2D eigenvalue weighted by atomic mass is 9.93. The summed E-state index contributed by atoms with van der Waals surface area (Å²) in [7, 11) is 0. The van der Waals surface area contributed by atoms with E-state index in [4.69, 9.17) is 9.26 Å². The van der Waals surface area contributed by atoms with Crippen molar-refractivity contribution in [2.75, 3.05) is 6.61 Å². The number of esters is 1. The first-order chi connectivity index (χ1) is 9.48. The molecule has 2 unspecified atom stereocenters. The Bertz CT molecular complexity index is 467. The summed E-state index contributed by atoms with van der Waals surface area (Å²) in [6, 6.07) is 0. The van der Waals surface area contributed by atoms with E-state index in [1.54, 1.807) is 20.8 Å². The number of carbonyl (C=O) groups excluding carboxylic acids is 1. The van der Waals surface area contributed by atoms with Crippen LogP contribution in [0.4, 0.5) is 0 Å². The fourth-order valence-corrected chi connectivity index (χ4v) is 2.73. The molecule has 1 aromatic heterocycles. The maximum Gasteiger partial charge on any atom is 0.321 e. The van der Waals surface area contributed by atoms with Crippen LogP contribution in [0, 0.1) is 5.92 Å². The summed E-state index contributed by atoms with van der Waals surface area (Å²) in [5.74, 6) is 1.91. The Morgan fingerprint density at radius 2 is 2.15 bits per heavy atom. The summed E-state index contributed by atoms with van der Waals surface area (Å²) in [4.78, 5) is 16.4. The van der Waals surface area contributed by atoms with Crippen molar-refractivity contribution in [2.45, 2.75) is 64.7 Å². The van der Waals surface area contributed by atoms with Crippen molar-refractivity contribution in [3.63, 3.8) is 0 Å². The SMILES string of the molecule is CCOC(=O)C(C)(C)c1nc(C2CCC(CC)C2)no1. The molecule has 2 rings (SSSR count). The highest BCUT2D eigenvalue weighted by Crippen LogP contribution is 2.39. The second-order valence-electron chi connectivity index (χ2n) is 6.09. The lowest BCUT2D eigenvalue weighted by Gasteiger charge is -2.17. The predicted octanol–water partition coefficient (Wildman–Crippen LogP) is 3.20. The Labute approximate surface area is 120 Å². The summed E-state index contributed by atoms with van der Waals surface area (Å²) >= 11 is 0. The van der Waals surface area contributed by atoms with E-state index in [1.807, 2.05) is 0 Å². The molecule has 0 bridgehead atoms. The molecule has 0 radical (unpaired) electrons. The summed E-state index contributed by atoms with van der Waals surface area (Å²) < 4.78 is 10.4. The summed E-state index contributed by atoms with van der Waals surface area (Å²) in [5, 5.41) is 4.08. The normalized spacial score (nSPS) is 23.0. The van der Waals surface area contributed by atoms with Crippen molar-refractivity contribution >= 4 is 5.97 Å². The highest BCUT2D eigenvalue weighted by Gasteiger charge is 2.38. The van der Waals surface area contributed by atoms with Gasteiger partial charge in [-0.25, -0.2) is 0 Å². The van der Waals surface area contributed by atoms with Gasteiger partial charge in [-0.3, -0.25) is 4.79 Å². The van der Waals surface area contributed by atoms with Crippen LogP contribution in [-0.2, 0) is 14.9 Å². The fraction of sp³-hybridized carbons (Fsp3) is 0.800. The van der Waals surface area contributed by atoms with Gasteiger partial charge in [-0.2, -0.15) is 4.98 Å². The van der Waals surface area contributed by atoms with Gasteiger partial charge in [0.15, 0.2) is 5.82 Å². The van der Waals surface area contributed by atoms with Gasteiger partial charge in [-0.1, -0.05) is 18.5 Å². The molecule has 0 spiro atoms. The van der Waals surface area contributed by atoms with E-state index in [0.29, 0.717) is 18.4 Å². The molecule has 0 aliphatic heterocycles. The minimum absolute atomic E-state index is 0.326. The lowest BCUT2D eigenvalue weighted by molar-refractivity contribution is -0.149. The molecule has 2 atom stereocenters. The first-order valence-electron chi connectivity index (χ1n) is 7.50. The summed E-state index contributed by atoms with van der Waals surface area (Å²) in [5.41, 5.74) is -0.885. The van der Waals surface area contributed by atoms with Crippen LogP contribution in [0.2, 0.25) is 0 Å². The molecule has 0 aromatic carbocycles. The van der Waals surface area contributed by atoms with Crippen LogP contribution >= 0.6 is 0 Å². The molecular weight excluding hydrogens is 256 g/mol. The molecule has 0 amide bonds. The van der Waals surface area contributed by atoms with Gasteiger partial charge in [0.1, 0.15) is 5.41 Å². The topological polar surface area (TPSA) is 65.2 Å². The zero-order valence-corrected chi connectivity index (χ0v) is 12.8. The van der Waals surface area contributed by atoms with Crippen molar-refractivity contribution in [3.05, 3.63) is 11.7 Å². The van der Waals surface area contributed by atoms with E-state index < -0.39 is 5.41 Å². The number of aromatic nitrogens is 2. The zero-order chi connectivity index (χ0) is 14.8. The van der Waals surface area contributed by atoms with Gasteiger partial charge < -0.3 is 9.26 Å². The third-order valence-corrected chi connectivity index (χ3v) is 4.25. The van der Waals surface area contributed by atoms with Crippen LogP contribution in [0.3, 0.4) is 0 Å². The molecule has 5 heteroatoms. The zero-order valence-electron chi connectivity index (χ0n) is 12.8. The van der Waals surface area contributed by atoms with E-state index in [1.165, 1.54) is 12.8 Å². The molecule has 1 heterocycles. The van der Waals surface area contributed by atoms with Crippen molar-refractivity contribution in [3.8, 4) is 0 Å². The van der Waals surface area contributed by atoms with Crippen molar-refractivity contribution < 1.29 is 14.1 Å². The highest BCUT2D eigenvalue weighted by atomic mass is 16.5. The van der Waals surface area contributed by atoms with E-state index in [0.717, 1.165) is 24.6 Å². The van der Waals surface area contributed by atoms with E-state index in [-0.39, 0.29) is 5.97 Å². The third-order valence-electron chi connectivity index (χ3n) is 4.25. The molecule has 0 N–H and O–H groups in total. The first kappa shape index (κ1) is 15.0. The van der Waals surface area contributed by atoms with Gasteiger partial charge in [0.25, 0.3) is 0 Å². The fourth-order valence-electron chi connectivity index (χ4n) is 2.73. The number of carbonyl (C=O) groups is 1. The maximum atomic E-state index is 11.9. The summed E-state index contributed by atoms with van der Waals surface area (Å²) in [6.07, 6.45) is 4.66. The number of rotatable bonds is 5. The molecular formula is C15H24N2O3. The second-order valence-corrected chi connectivity index (χ2v) is 6.09. The molecule has 112 valence electrons. The molecule has 20 heavy (non-hydrogen) atoms. The molecule has 1 aromatic rings. The van der Waals surface area contributed by atoms with Crippen molar-refractivity contribution in [1.82, 2.24) is 10.1 Å². The van der Waals surface area contributed by atoms with Gasteiger partial charge >= 0.3 is 5.97 Å². The highest BCUT2D eigenvalue weighted by molar-refractivity contribution is 5.80. The van der Waals surface area contributed by atoms with Gasteiger partial charge in [0.2, 0.25) is 5.89 Å². The van der Waals surface area contributed by atoms with Gasteiger partial charge in [0.05, 0.1) is 6.61 Å². The smallest absolute Gasteiger partial charge is 0.321 e. The van der Waals surface area contributed by atoms with Crippen LogP contribution in [-0.4, -0.2) is 22.7 Å². The molecule has 0 saturated heterocycles. The first-order valence-corrected chi connectivity index (χ1v) is 7.50. The van der Waals surface area contributed by atoms with Crippen molar-refractivity contribution in [2.24, 2.45) is 5.92 Å². The molecule has 1 fully saturated rings. The second kappa shape index (κ2) is 5.94. The number of ether oxygens (including phenoxy) is 1. The van der Waals surface area contributed by atoms with Gasteiger partial charge in [0, 0.05) is 5.92 Å². The Hall–Kier alpha value is -1.39. The lowest BCUT2D eigenvalue weighted by Crippen LogP contribution is -2.31. The van der Waals surface area contributed by atoms with Gasteiger partial charge in [-0.05, 0) is 46.0 Å². The number of hydrogen-bond donors (Lipinski definition) is 0. The van der Waals surface area contributed by atoms with Crippen LogP contribution < -0.4 is 0 Å². The minimum atomic E-state index is -0.885. The van der Waals surface area contributed by atoms with Crippen LogP contribution in [0.25, 0.3) is 0 Å². The quantitative estimate of drug-likeness (QED) is 0.775. The largest absolute Gasteiger partial charge is 0.465 e.